The van der Waals surface area contributed by atoms with Crippen molar-refractivity contribution in [2.24, 2.45) is 5.73 Å². The van der Waals surface area contributed by atoms with E-state index in [4.69, 9.17) is 5.73 Å². The van der Waals surface area contributed by atoms with Crippen molar-refractivity contribution in [1.82, 2.24) is 0 Å². The number of aryl methyl sites for hydroxylation is 1. The normalized spacial score (nSPS) is 11.2. The van der Waals surface area contributed by atoms with Crippen molar-refractivity contribution in [1.29, 1.82) is 0 Å². The lowest BCUT2D eigenvalue weighted by Gasteiger charge is -2.22. The van der Waals surface area contributed by atoms with E-state index in [0.717, 1.165) is 5.56 Å². The maximum atomic E-state index is 12.0. The molecule has 0 aliphatic heterocycles. The highest BCUT2D eigenvalue weighted by atomic mass is 32.2. The van der Waals surface area contributed by atoms with Crippen molar-refractivity contribution in [3.8, 4) is 0 Å². The van der Waals surface area contributed by atoms with Crippen LogP contribution in [0.15, 0.2) is 24.3 Å². The zero-order valence-corrected chi connectivity index (χ0v) is 11.5. The number of rotatable bonds is 5. The molecular formula is C11H16N2O2S2. The van der Waals surface area contributed by atoms with E-state index < -0.39 is 10.0 Å². The molecule has 4 nitrogen and oxygen atoms in total. The molecule has 0 aliphatic carbocycles. The standard InChI is InChI=1S/C11H16N2O2S2/c1-3-13(17(14,15)8-11(12)16)10-6-4-5-9(2)7-10/h4-7H,3,8H2,1-2H3,(H2,12,16). The second-order valence-electron chi connectivity index (χ2n) is 3.73. The van der Waals surface area contributed by atoms with Gasteiger partial charge in [-0.05, 0) is 31.5 Å². The van der Waals surface area contributed by atoms with Gasteiger partial charge >= 0.3 is 0 Å². The van der Waals surface area contributed by atoms with E-state index in [0.29, 0.717) is 12.2 Å². The third kappa shape index (κ3) is 3.67. The van der Waals surface area contributed by atoms with Crippen LogP contribution in [0.1, 0.15) is 12.5 Å². The minimum atomic E-state index is -3.47. The van der Waals surface area contributed by atoms with Crippen molar-refractivity contribution in [2.45, 2.75) is 13.8 Å². The molecule has 1 rings (SSSR count). The molecule has 0 saturated carbocycles. The highest BCUT2D eigenvalue weighted by Crippen LogP contribution is 2.19. The van der Waals surface area contributed by atoms with Crippen LogP contribution in [0.25, 0.3) is 0 Å². The van der Waals surface area contributed by atoms with Crippen LogP contribution >= 0.6 is 12.2 Å². The van der Waals surface area contributed by atoms with Crippen molar-refractivity contribution in [3.63, 3.8) is 0 Å². The highest BCUT2D eigenvalue weighted by molar-refractivity contribution is 7.95. The fraction of sp³-hybridized carbons (Fsp3) is 0.364. The minimum absolute atomic E-state index is 0.0175. The smallest absolute Gasteiger partial charge is 0.241 e. The van der Waals surface area contributed by atoms with Gasteiger partial charge in [-0.3, -0.25) is 4.31 Å². The molecule has 6 heteroatoms. The summed E-state index contributed by atoms with van der Waals surface area (Å²) < 4.78 is 25.4. The zero-order valence-electron chi connectivity index (χ0n) is 9.88. The largest absolute Gasteiger partial charge is 0.392 e. The van der Waals surface area contributed by atoms with E-state index >= 15 is 0 Å². The van der Waals surface area contributed by atoms with Crippen LogP contribution in [-0.4, -0.2) is 25.7 Å². The molecule has 0 atom stereocenters. The number of hydrogen-bond donors (Lipinski definition) is 1. The Kier molecular flexibility index (Phi) is 4.47. The van der Waals surface area contributed by atoms with Gasteiger partial charge in [-0.2, -0.15) is 0 Å². The maximum Gasteiger partial charge on any atom is 0.241 e. The monoisotopic (exact) mass is 272 g/mol. The van der Waals surface area contributed by atoms with Gasteiger partial charge in [0, 0.05) is 6.54 Å². The molecule has 94 valence electrons. The second-order valence-corrected chi connectivity index (χ2v) is 6.14. The van der Waals surface area contributed by atoms with Crippen LogP contribution in [0.2, 0.25) is 0 Å². The molecule has 0 bridgehead atoms. The summed E-state index contributed by atoms with van der Waals surface area (Å²) in [7, 11) is -3.47. The van der Waals surface area contributed by atoms with Crippen LogP contribution in [0.3, 0.4) is 0 Å². The average Bonchev–Trinajstić information content (AvgIpc) is 2.15. The lowest BCUT2D eigenvalue weighted by atomic mass is 10.2. The van der Waals surface area contributed by atoms with Gasteiger partial charge in [0.15, 0.2) is 0 Å². The summed E-state index contributed by atoms with van der Waals surface area (Å²) in [6.45, 7) is 4.05. The minimum Gasteiger partial charge on any atom is -0.392 e. The molecule has 0 aromatic heterocycles. The van der Waals surface area contributed by atoms with Crippen LogP contribution in [0.5, 0.6) is 0 Å². The molecule has 1 aromatic rings. The molecule has 0 heterocycles. The lowest BCUT2D eigenvalue weighted by molar-refractivity contribution is 0.596. The summed E-state index contributed by atoms with van der Waals surface area (Å²) in [5.74, 6) is -0.301. The SMILES string of the molecule is CCN(c1cccc(C)c1)S(=O)(=O)CC(N)=S. The fourth-order valence-electron chi connectivity index (χ4n) is 1.58. The predicted octanol–water partition coefficient (Wildman–Crippen LogP) is 1.44. The van der Waals surface area contributed by atoms with Gasteiger partial charge in [-0.25, -0.2) is 8.42 Å². The van der Waals surface area contributed by atoms with E-state index in [1.165, 1.54) is 4.31 Å². The van der Waals surface area contributed by atoms with Crippen molar-refractivity contribution in [2.75, 3.05) is 16.6 Å². The van der Waals surface area contributed by atoms with Gasteiger partial charge in [0.1, 0.15) is 5.75 Å². The van der Waals surface area contributed by atoms with Gasteiger partial charge in [-0.15, -0.1) is 0 Å². The molecule has 0 unspecified atom stereocenters. The Labute approximate surface area is 107 Å². The first-order valence-corrected chi connectivity index (χ1v) is 7.24. The maximum absolute atomic E-state index is 12.0. The van der Waals surface area contributed by atoms with E-state index in [-0.39, 0.29) is 10.7 Å². The fourth-order valence-corrected chi connectivity index (χ4v) is 3.37. The number of hydrogen-bond acceptors (Lipinski definition) is 3. The highest BCUT2D eigenvalue weighted by Gasteiger charge is 2.21. The van der Waals surface area contributed by atoms with Crippen molar-refractivity contribution < 1.29 is 8.42 Å². The predicted molar refractivity (Wildman–Crippen MR) is 74.8 cm³/mol. The zero-order chi connectivity index (χ0) is 13.1. The third-order valence-electron chi connectivity index (χ3n) is 2.24. The van der Waals surface area contributed by atoms with Gasteiger partial charge in [-0.1, -0.05) is 24.4 Å². The van der Waals surface area contributed by atoms with Gasteiger partial charge in [0.25, 0.3) is 0 Å². The Morgan fingerprint density at radius 3 is 2.59 bits per heavy atom. The Morgan fingerprint density at radius 2 is 2.12 bits per heavy atom. The van der Waals surface area contributed by atoms with E-state index in [9.17, 15) is 8.42 Å². The first-order valence-electron chi connectivity index (χ1n) is 5.22. The van der Waals surface area contributed by atoms with Crippen LogP contribution in [-0.2, 0) is 10.0 Å². The van der Waals surface area contributed by atoms with Crippen molar-refractivity contribution >= 4 is 32.9 Å². The molecule has 0 radical (unpaired) electrons. The van der Waals surface area contributed by atoms with Crippen LogP contribution < -0.4 is 10.0 Å². The Bertz CT molecular complexity index is 512. The van der Waals surface area contributed by atoms with Crippen LogP contribution in [0.4, 0.5) is 5.69 Å². The van der Waals surface area contributed by atoms with Gasteiger partial charge in [0.05, 0.1) is 10.7 Å². The van der Waals surface area contributed by atoms with Crippen LogP contribution in [0, 0.1) is 6.92 Å². The lowest BCUT2D eigenvalue weighted by Crippen LogP contribution is -2.36. The molecule has 1 aromatic carbocycles. The average molecular weight is 272 g/mol. The van der Waals surface area contributed by atoms with Gasteiger partial charge < -0.3 is 5.73 Å². The number of thiocarbonyl (C=S) groups is 1. The number of benzene rings is 1. The molecule has 0 amide bonds. The summed E-state index contributed by atoms with van der Waals surface area (Å²) >= 11 is 4.66. The third-order valence-corrected chi connectivity index (χ3v) is 4.38. The summed E-state index contributed by atoms with van der Waals surface area (Å²) in [6, 6.07) is 7.31. The Morgan fingerprint density at radius 1 is 1.47 bits per heavy atom. The second kappa shape index (κ2) is 5.46. The Hall–Kier alpha value is -1.14. The van der Waals surface area contributed by atoms with Gasteiger partial charge in [0.2, 0.25) is 10.0 Å². The Balaban J connectivity index is 3.12. The number of nitrogens with two attached hydrogens (primary N) is 1. The van der Waals surface area contributed by atoms with E-state index in [1.807, 2.05) is 25.1 Å². The summed E-state index contributed by atoms with van der Waals surface area (Å²) in [4.78, 5) is -0.0175. The number of sulfonamides is 1. The quantitative estimate of drug-likeness (QED) is 0.824. The molecular weight excluding hydrogens is 256 g/mol. The number of nitrogens with zero attached hydrogens (tertiary/aromatic N) is 1. The number of anilines is 1. The summed E-state index contributed by atoms with van der Waals surface area (Å²) in [6.07, 6.45) is 0. The molecule has 0 spiro atoms. The molecule has 2 N–H and O–H groups in total. The molecule has 0 aliphatic rings. The molecule has 17 heavy (non-hydrogen) atoms. The van der Waals surface area contributed by atoms with E-state index in [1.54, 1.807) is 13.0 Å². The molecule has 0 saturated heterocycles. The first-order chi connectivity index (χ1) is 7.86. The van der Waals surface area contributed by atoms with Crippen molar-refractivity contribution in [3.05, 3.63) is 29.8 Å². The topological polar surface area (TPSA) is 63.4 Å². The first kappa shape index (κ1) is 13.9. The van der Waals surface area contributed by atoms with E-state index in [2.05, 4.69) is 12.2 Å². The summed E-state index contributed by atoms with van der Waals surface area (Å²) in [5, 5.41) is 0. The summed E-state index contributed by atoms with van der Waals surface area (Å²) in [5.41, 5.74) is 6.95. The molecule has 0 fully saturated rings.